The van der Waals surface area contributed by atoms with Crippen molar-refractivity contribution in [1.29, 1.82) is 0 Å². The fraction of sp³-hybridized carbons (Fsp3) is 0.545. The Kier molecular flexibility index (Phi) is 3.38. The first-order valence-electron chi connectivity index (χ1n) is 5.24. The third kappa shape index (κ3) is 2.79. The lowest BCUT2D eigenvalue weighted by atomic mass is 10.1. The molecule has 1 aliphatic heterocycles. The zero-order valence-electron chi connectivity index (χ0n) is 8.56. The smallest absolute Gasteiger partial charge is 0.227 e. The standard InChI is InChI=1S/C11H15NO2S/c13-9-3-1-5-12(8-9)11(14)7-10-4-2-6-15-10/h2,4,6,9,13H,1,3,5,7-8H2/t9-/m0/s1. The number of hydrogen-bond acceptors (Lipinski definition) is 3. The van der Waals surface area contributed by atoms with E-state index in [1.807, 2.05) is 17.5 Å². The number of aliphatic hydroxyl groups is 1. The van der Waals surface area contributed by atoms with E-state index in [1.54, 1.807) is 16.2 Å². The van der Waals surface area contributed by atoms with Gasteiger partial charge in [0, 0.05) is 18.0 Å². The fourth-order valence-corrected chi connectivity index (χ4v) is 2.55. The molecular formula is C11H15NO2S. The zero-order chi connectivity index (χ0) is 10.7. The van der Waals surface area contributed by atoms with Crippen molar-refractivity contribution in [3.63, 3.8) is 0 Å². The van der Waals surface area contributed by atoms with Crippen molar-refractivity contribution in [2.45, 2.75) is 25.4 Å². The molecule has 15 heavy (non-hydrogen) atoms. The van der Waals surface area contributed by atoms with Crippen LogP contribution in [0, 0.1) is 0 Å². The zero-order valence-corrected chi connectivity index (χ0v) is 9.37. The topological polar surface area (TPSA) is 40.5 Å². The molecule has 1 aliphatic rings. The third-order valence-electron chi connectivity index (χ3n) is 2.65. The van der Waals surface area contributed by atoms with Crippen LogP contribution >= 0.6 is 11.3 Å². The van der Waals surface area contributed by atoms with Gasteiger partial charge in [-0.3, -0.25) is 4.79 Å². The van der Waals surface area contributed by atoms with Gasteiger partial charge in [0.15, 0.2) is 0 Å². The Hall–Kier alpha value is -0.870. The molecule has 1 saturated heterocycles. The number of carbonyl (C=O) groups is 1. The van der Waals surface area contributed by atoms with E-state index in [0.29, 0.717) is 13.0 Å². The highest BCUT2D eigenvalue weighted by Gasteiger charge is 2.21. The molecule has 1 atom stereocenters. The lowest BCUT2D eigenvalue weighted by molar-refractivity contribution is -0.133. The average Bonchev–Trinajstić information content (AvgIpc) is 2.70. The summed E-state index contributed by atoms with van der Waals surface area (Å²) in [6.07, 6.45) is 1.89. The lowest BCUT2D eigenvalue weighted by Crippen LogP contribution is -2.42. The first kappa shape index (κ1) is 10.6. The Labute approximate surface area is 93.3 Å². The number of β-amino-alcohol motifs (C(OH)–C–C–N with tert-alkyl or cyclic N) is 1. The maximum atomic E-state index is 11.8. The van der Waals surface area contributed by atoms with Crippen LogP contribution in [0.5, 0.6) is 0 Å². The number of aliphatic hydroxyl groups excluding tert-OH is 1. The van der Waals surface area contributed by atoms with E-state index in [0.717, 1.165) is 24.3 Å². The molecule has 0 radical (unpaired) electrons. The molecule has 2 rings (SSSR count). The van der Waals surface area contributed by atoms with Crippen LogP contribution in [0.2, 0.25) is 0 Å². The molecule has 0 saturated carbocycles. The van der Waals surface area contributed by atoms with E-state index in [9.17, 15) is 9.90 Å². The summed E-state index contributed by atoms with van der Waals surface area (Å²) in [5.74, 6) is 0.135. The van der Waals surface area contributed by atoms with Gasteiger partial charge in [0.05, 0.1) is 12.5 Å². The van der Waals surface area contributed by atoms with Crippen LogP contribution in [0.15, 0.2) is 17.5 Å². The highest BCUT2D eigenvalue weighted by Crippen LogP contribution is 2.14. The van der Waals surface area contributed by atoms with Crippen LogP contribution in [0.25, 0.3) is 0 Å². The molecule has 0 bridgehead atoms. The van der Waals surface area contributed by atoms with Gasteiger partial charge in [-0.2, -0.15) is 0 Å². The Morgan fingerprint density at radius 1 is 1.67 bits per heavy atom. The second-order valence-electron chi connectivity index (χ2n) is 3.89. The minimum absolute atomic E-state index is 0.135. The Morgan fingerprint density at radius 3 is 3.20 bits per heavy atom. The molecule has 1 aromatic heterocycles. The molecule has 0 spiro atoms. The summed E-state index contributed by atoms with van der Waals surface area (Å²) in [6.45, 7) is 1.30. The van der Waals surface area contributed by atoms with Crippen molar-refractivity contribution in [3.8, 4) is 0 Å². The third-order valence-corrected chi connectivity index (χ3v) is 3.53. The normalized spacial score (nSPS) is 21.7. The molecule has 1 fully saturated rings. The fourth-order valence-electron chi connectivity index (χ4n) is 1.86. The predicted molar refractivity (Wildman–Crippen MR) is 59.8 cm³/mol. The van der Waals surface area contributed by atoms with E-state index < -0.39 is 0 Å². The number of carbonyl (C=O) groups excluding carboxylic acids is 1. The molecule has 1 aromatic rings. The largest absolute Gasteiger partial charge is 0.391 e. The van der Waals surface area contributed by atoms with E-state index in [2.05, 4.69) is 0 Å². The van der Waals surface area contributed by atoms with E-state index in [4.69, 9.17) is 0 Å². The highest BCUT2D eigenvalue weighted by atomic mass is 32.1. The van der Waals surface area contributed by atoms with Gasteiger partial charge in [-0.1, -0.05) is 6.07 Å². The van der Waals surface area contributed by atoms with Crippen LogP contribution in [-0.2, 0) is 11.2 Å². The van der Waals surface area contributed by atoms with E-state index in [1.165, 1.54) is 0 Å². The molecule has 2 heterocycles. The molecule has 4 heteroatoms. The summed E-state index contributed by atoms with van der Waals surface area (Å²) >= 11 is 1.61. The minimum atomic E-state index is -0.328. The SMILES string of the molecule is O=C(Cc1cccs1)N1CCC[C@H](O)C1. The Bertz CT molecular complexity index is 323. The number of nitrogens with zero attached hydrogens (tertiary/aromatic N) is 1. The first-order chi connectivity index (χ1) is 7.25. The van der Waals surface area contributed by atoms with E-state index >= 15 is 0 Å². The molecule has 1 amide bonds. The van der Waals surface area contributed by atoms with Crippen LogP contribution in [0.3, 0.4) is 0 Å². The quantitative estimate of drug-likeness (QED) is 0.823. The lowest BCUT2D eigenvalue weighted by Gasteiger charge is -2.30. The molecule has 0 aliphatic carbocycles. The van der Waals surface area contributed by atoms with Crippen molar-refractivity contribution in [1.82, 2.24) is 4.90 Å². The average molecular weight is 225 g/mol. The summed E-state index contributed by atoms with van der Waals surface area (Å²) in [5.41, 5.74) is 0. The first-order valence-corrected chi connectivity index (χ1v) is 6.12. The molecule has 0 unspecified atom stereocenters. The summed E-state index contributed by atoms with van der Waals surface area (Å²) in [6, 6.07) is 3.93. The summed E-state index contributed by atoms with van der Waals surface area (Å²) < 4.78 is 0. The highest BCUT2D eigenvalue weighted by molar-refractivity contribution is 7.10. The van der Waals surface area contributed by atoms with Crippen LogP contribution in [0.1, 0.15) is 17.7 Å². The molecular weight excluding hydrogens is 210 g/mol. The van der Waals surface area contributed by atoms with Crippen molar-refractivity contribution in [3.05, 3.63) is 22.4 Å². The molecule has 82 valence electrons. The van der Waals surface area contributed by atoms with Crippen LogP contribution < -0.4 is 0 Å². The second kappa shape index (κ2) is 4.77. The van der Waals surface area contributed by atoms with Gasteiger partial charge < -0.3 is 10.0 Å². The van der Waals surface area contributed by atoms with Crippen molar-refractivity contribution in [2.24, 2.45) is 0 Å². The van der Waals surface area contributed by atoms with Crippen molar-refractivity contribution >= 4 is 17.2 Å². The molecule has 3 nitrogen and oxygen atoms in total. The van der Waals surface area contributed by atoms with Gasteiger partial charge in [-0.15, -0.1) is 11.3 Å². The van der Waals surface area contributed by atoms with E-state index in [-0.39, 0.29) is 12.0 Å². The van der Waals surface area contributed by atoms with Crippen molar-refractivity contribution in [2.75, 3.05) is 13.1 Å². The summed E-state index contributed by atoms with van der Waals surface area (Å²) in [5, 5.41) is 11.4. The molecule has 0 aromatic carbocycles. The van der Waals surface area contributed by atoms with Gasteiger partial charge in [0.1, 0.15) is 0 Å². The van der Waals surface area contributed by atoms with Crippen LogP contribution in [-0.4, -0.2) is 35.1 Å². The number of piperidine rings is 1. The van der Waals surface area contributed by atoms with Gasteiger partial charge >= 0.3 is 0 Å². The van der Waals surface area contributed by atoms with Gasteiger partial charge in [-0.25, -0.2) is 0 Å². The maximum Gasteiger partial charge on any atom is 0.227 e. The number of rotatable bonds is 2. The van der Waals surface area contributed by atoms with Gasteiger partial charge in [0.2, 0.25) is 5.91 Å². The number of likely N-dealkylation sites (tertiary alicyclic amines) is 1. The molecule has 1 N–H and O–H groups in total. The van der Waals surface area contributed by atoms with Crippen LogP contribution in [0.4, 0.5) is 0 Å². The summed E-state index contributed by atoms with van der Waals surface area (Å²) in [7, 11) is 0. The second-order valence-corrected chi connectivity index (χ2v) is 4.92. The van der Waals surface area contributed by atoms with Crippen molar-refractivity contribution < 1.29 is 9.90 Å². The predicted octanol–water partition coefficient (Wildman–Crippen LogP) is 1.27. The van der Waals surface area contributed by atoms with Gasteiger partial charge in [-0.05, 0) is 24.3 Å². The maximum absolute atomic E-state index is 11.8. The monoisotopic (exact) mass is 225 g/mol. The Balaban J connectivity index is 1.90. The minimum Gasteiger partial charge on any atom is -0.391 e. The number of hydrogen-bond donors (Lipinski definition) is 1. The summed E-state index contributed by atoms with van der Waals surface area (Å²) in [4.78, 5) is 14.7. The Morgan fingerprint density at radius 2 is 2.53 bits per heavy atom. The number of amides is 1. The van der Waals surface area contributed by atoms with Gasteiger partial charge in [0.25, 0.3) is 0 Å². The number of thiophene rings is 1.